The van der Waals surface area contributed by atoms with E-state index in [2.05, 4.69) is 71.4 Å². The second-order valence-corrected chi connectivity index (χ2v) is 6.46. The number of rotatable bonds is 0. The van der Waals surface area contributed by atoms with Crippen molar-refractivity contribution in [1.82, 2.24) is 4.98 Å². The summed E-state index contributed by atoms with van der Waals surface area (Å²) in [6, 6.07) is 23.2. The van der Waals surface area contributed by atoms with Crippen LogP contribution in [-0.4, -0.2) is 4.98 Å². The highest BCUT2D eigenvalue weighted by Gasteiger charge is 2.19. The van der Waals surface area contributed by atoms with Gasteiger partial charge >= 0.3 is 0 Å². The lowest BCUT2D eigenvalue weighted by Gasteiger charge is -2.10. The van der Waals surface area contributed by atoms with Gasteiger partial charge in [-0.3, -0.25) is 0 Å². The van der Waals surface area contributed by atoms with E-state index in [1.165, 1.54) is 32.9 Å². The van der Waals surface area contributed by atoms with Crippen LogP contribution in [0.1, 0.15) is 23.2 Å². The molecule has 0 bridgehead atoms. The number of benzene rings is 3. The van der Waals surface area contributed by atoms with Gasteiger partial charge in [-0.2, -0.15) is 0 Å². The smallest absolute Gasteiger partial charge is 0.0469 e. The Kier molecular flexibility index (Phi) is 3.21. The largest absolute Gasteiger partial charge is 0.358 e. The van der Waals surface area contributed by atoms with Crippen molar-refractivity contribution in [3.63, 3.8) is 0 Å². The minimum absolute atomic E-state index is 1.04. The van der Waals surface area contributed by atoms with E-state index >= 15 is 0 Å². The predicted molar refractivity (Wildman–Crippen MR) is 105 cm³/mol. The first kappa shape index (κ1) is 14.1. The average molecular weight is 319 g/mol. The maximum Gasteiger partial charge on any atom is 0.0469 e. The number of aromatic amines is 1. The van der Waals surface area contributed by atoms with Gasteiger partial charge in [0, 0.05) is 33.3 Å². The van der Waals surface area contributed by atoms with Crippen LogP contribution in [-0.2, 0) is 6.42 Å². The summed E-state index contributed by atoms with van der Waals surface area (Å²) in [7, 11) is 0. The number of H-pyrrole nitrogens is 1. The van der Waals surface area contributed by atoms with Gasteiger partial charge in [0.2, 0.25) is 0 Å². The molecule has 118 valence electrons. The van der Waals surface area contributed by atoms with Crippen LogP contribution in [0.5, 0.6) is 0 Å². The van der Waals surface area contributed by atoms with E-state index < -0.39 is 0 Å². The molecule has 1 aromatic heterocycles. The molecule has 25 heavy (non-hydrogen) atoms. The van der Waals surface area contributed by atoms with Gasteiger partial charge in [0.05, 0.1) is 0 Å². The molecule has 1 N–H and O–H groups in total. The number of hydrogen-bond donors (Lipinski definition) is 1. The first-order valence-corrected chi connectivity index (χ1v) is 8.70. The Morgan fingerprint density at radius 2 is 1.64 bits per heavy atom. The third-order valence-corrected chi connectivity index (χ3v) is 4.89. The number of aryl methyl sites for hydroxylation is 1. The molecule has 0 atom stereocenters. The van der Waals surface area contributed by atoms with E-state index in [1.807, 2.05) is 18.2 Å². The summed E-state index contributed by atoms with van der Waals surface area (Å²) in [5.41, 5.74) is 6.01. The molecule has 0 saturated carbocycles. The summed E-state index contributed by atoms with van der Waals surface area (Å²) in [5.74, 6) is 6.75. The fourth-order valence-electron chi connectivity index (χ4n) is 3.74. The summed E-state index contributed by atoms with van der Waals surface area (Å²) >= 11 is 0. The Balaban J connectivity index is 1.75. The zero-order valence-corrected chi connectivity index (χ0v) is 13.8. The van der Waals surface area contributed by atoms with Crippen molar-refractivity contribution in [3.8, 4) is 11.8 Å². The van der Waals surface area contributed by atoms with Crippen LogP contribution in [0.4, 0.5) is 0 Å². The molecular formula is C24H17N. The van der Waals surface area contributed by atoms with Gasteiger partial charge in [0.1, 0.15) is 0 Å². The van der Waals surface area contributed by atoms with E-state index in [1.54, 1.807) is 0 Å². The van der Waals surface area contributed by atoms with Gasteiger partial charge in [-0.25, -0.2) is 0 Å². The normalized spacial score (nSPS) is 13.2. The fourth-order valence-corrected chi connectivity index (χ4v) is 3.74. The number of fused-ring (bicyclic) bond motifs is 5. The first-order chi connectivity index (χ1) is 12.4. The number of aromatic nitrogens is 1. The number of allylic oxidation sites excluding steroid dienone is 2. The molecule has 5 rings (SSSR count). The third kappa shape index (κ3) is 2.35. The molecule has 1 nitrogen and oxygen atoms in total. The van der Waals surface area contributed by atoms with Crippen LogP contribution in [0.15, 0.2) is 72.8 Å². The summed E-state index contributed by atoms with van der Waals surface area (Å²) in [6.45, 7) is 0. The summed E-state index contributed by atoms with van der Waals surface area (Å²) in [5, 5.41) is 3.88. The van der Waals surface area contributed by atoms with Gasteiger partial charge in [-0.05, 0) is 41.8 Å². The Morgan fingerprint density at radius 3 is 2.56 bits per heavy atom. The van der Waals surface area contributed by atoms with Gasteiger partial charge in [-0.1, -0.05) is 66.4 Å². The lowest BCUT2D eigenvalue weighted by Crippen LogP contribution is -1.96. The minimum Gasteiger partial charge on any atom is -0.358 e. The van der Waals surface area contributed by atoms with Gasteiger partial charge < -0.3 is 4.98 Å². The van der Waals surface area contributed by atoms with Gasteiger partial charge in [-0.15, -0.1) is 0 Å². The average Bonchev–Trinajstić information content (AvgIpc) is 3.07. The Morgan fingerprint density at radius 1 is 0.800 bits per heavy atom. The van der Waals surface area contributed by atoms with Gasteiger partial charge in [0.25, 0.3) is 0 Å². The highest BCUT2D eigenvalue weighted by Crippen LogP contribution is 2.37. The molecular weight excluding hydrogens is 302 g/mol. The molecule has 0 saturated heterocycles. The molecule has 1 aliphatic rings. The van der Waals surface area contributed by atoms with E-state index in [0.717, 1.165) is 24.0 Å². The number of nitrogens with one attached hydrogen (secondary N) is 1. The second-order valence-electron chi connectivity index (χ2n) is 6.46. The quantitative estimate of drug-likeness (QED) is 0.400. The highest BCUT2D eigenvalue weighted by atomic mass is 14.7. The first-order valence-electron chi connectivity index (χ1n) is 8.70. The lowest BCUT2D eigenvalue weighted by atomic mass is 9.92. The molecule has 1 aliphatic carbocycles. The SMILES string of the molecule is C(#Cc1ccccc1)C1=CCCc2[nH]c3ccc4ccccc4c3c21. The van der Waals surface area contributed by atoms with Crippen molar-refractivity contribution in [2.24, 2.45) is 0 Å². The molecule has 0 aliphatic heterocycles. The molecule has 1 heterocycles. The molecule has 3 aromatic carbocycles. The van der Waals surface area contributed by atoms with Crippen LogP contribution in [0.2, 0.25) is 0 Å². The minimum atomic E-state index is 1.04. The maximum absolute atomic E-state index is 3.63. The topological polar surface area (TPSA) is 15.8 Å². The van der Waals surface area contributed by atoms with Crippen LogP contribution in [0, 0.1) is 11.8 Å². The van der Waals surface area contributed by atoms with E-state index in [0.29, 0.717) is 0 Å². The third-order valence-electron chi connectivity index (χ3n) is 4.89. The van der Waals surface area contributed by atoms with Crippen molar-refractivity contribution < 1.29 is 0 Å². The Hall–Kier alpha value is -3.24. The van der Waals surface area contributed by atoms with Crippen LogP contribution in [0.25, 0.3) is 27.2 Å². The molecule has 1 heteroatoms. The molecule has 4 aromatic rings. The Labute approximate surface area is 147 Å². The van der Waals surface area contributed by atoms with Crippen LogP contribution < -0.4 is 0 Å². The van der Waals surface area contributed by atoms with Crippen molar-refractivity contribution in [1.29, 1.82) is 0 Å². The summed E-state index contributed by atoms with van der Waals surface area (Å²) in [6.07, 6.45) is 4.37. The zero-order chi connectivity index (χ0) is 16.6. The molecule has 0 amide bonds. The molecule has 0 unspecified atom stereocenters. The van der Waals surface area contributed by atoms with Gasteiger partial charge in [0.15, 0.2) is 0 Å². The van der Waals surface area contributed by atoms with E-state index in [4.69, 9.17) is 0 Å². The monoisotopic (exact) mass is 319 g/mol. The molecule has 0 spiro atoms. The molecule has 0 fully saturated rings. The summed E-state index contributed by atoms with van der Waals surface area (Å²) < 4.78 is 0. The van der Waals surface area contributed by atoms with Crippen molar-refractivity contribution in [2.75, 3.05) is 0 Å². The van der Waals surface area contributed by atoms with E-state index in [9.17, 15) is 0 Å². The van der Waals surface area contributed by atoms with Crippen molar-refractivity contribution in [2.45, 2.75) is 12.8 Å². The second kappa shape index (κ2) is 5.69. The van der Waals surface area contributed by atoms with E-state index in [-0.39, 0.29) is 0 Å². The predicted octanol–water partition coefficient (Wildman–Crippen LogP) is 5.70. The van der Waals surface area contributed by atoms with Crippen molar-refractivity contribution in [3.05, 3.63) is 89.6 Å². The zero-order valence-electron chi connectivity index (χ0n) is 13.8. The van der Waals surface area contributed by atoms with Crippen molar-refractivity contribution >= 4 is 27.2 Å². The molecule has 0 radical (unpaired) electrons. The van der Waals surface area contributed by atoms with Crippen LogP contribution >= 0.6 is 0 Å². The summed E-state index contributed by atoms with van der Waals surface area (Å²) in [4.78, 5) is 3.63. The maximum atomic E-state index is 3.63. The highest BCUT2D eigenvalue weighted by molar-refractivity contribution is 6.13. The number of hydrogen-bond acceptors (Lipinski definition) is 0. The standard InChI is InChI=1S/C24H17N/c1-2-7-17(8-3-1)13-14-19-10-6-12-21-23(19)24-20-11-5-4-9-18(20)15-16-22(24)25-21/h1-5,7-11,15-16,25H,6,12H2. The fraction of sp³-hybridized carbons (Fsp3) is 0.0833. The lowest BCUT2D eigenvalue weighted by molar-refractivity contribution is 0.946. The Bertz CT molecular complexity index is 1180. The van der Waals surface area contributed by atoms with Crippen LogP contribution in [0.3, 0.4) is 0 Å².